The van der Waals surface area contributed by atoms with Crippen LogP contribution in [0, 0.1) is 17.2 Å². The molecular formula is C22H25N3O5S. The first-order chi connectivity index (χ1) is 14.7. The number of nitriles is 1. The van der Waals surface area contributed by atoms with Crippen molar-refractivity contribution in [1.82, 2.24) is 10.6 Å². The Morgan fingerprint density at radius 3 is 2.58 bits per heavy atom. The molecule has 0 spiro atoms. The number of ether oxygens (including phenoxy) is 1. The van der Waals surface area contributed by atoms with Crippen molar-refractivity contribution in [2.45, 2.75) is 37.8 Å². The summed E-state index contributed by atoms with van der Waals surface area (Å²) in [7, 11) is 0. The number of rotatable bonds is 10. The lowest BCUT2D eigenvalue weighted by molar-refractivity contribution is -0.125. The number of benzene rings is 1. The maximum atomic E-state index is 12.5. The van der Waals surface area contributed by atoms with E-state index in [1.165, 1.54) is 18.0 Å². The molecule has 0 aliphatic carbocycles. The normalized spacial score (nSPS) is 12.5. The van der Waals surface area contributed by atoms with Crippen LogP contribution in [-0.2, 0) is 20.9 Å². The Hall–Kier alpha value is -3.25. The maximum absolute atomic E-state index is 12.5. The Kier molecular flexibility index (Phi) is 8.70. The van der Waals surface area contributed by atoms with Gasteiger partial charge in [-0.25, -0.2) is 4.79 Å². The fourth-order valence-electron chi connectivity index (χ4n) is 2.39. The smallest absolute Gasteiger partial charge is 0.339 e. The summed E-state index contributed by atoms with van der Waals surface area (Å²) < 4.78 is 10.3. The molecule has 2 rings (SSSR count). The summed E-state index contributed by atoms with van der Waals surface area (Å²) in [6.07, 6.45) is 1.53. The third-order valence-electron chi connectivity index (χ3n) is 4.63. The van der Waals surface area contributed by atoms with Gasteiger partial charge >= 0.3 is 5.97 Å². The molecule has 0 aliphatic rings. The van der Waals surface area contributed by atoms with Crippen LogP contribution in [-0.4, -0.2) is 35.7 Å². The van der Waals surface area contributed by atoms with Crippen molar-refractivity contribution in [3.05, 3.63) is 54.0 Å². The molecule has 2 N–H and O–H groups in total. The number of carbonyl (C=O) groups excluding carboxylic acids is 3. The van der Waals surface area contributed by atoms with E-state index in [0.29, 0.717) is 10.7 Å². The van der Waals surface area contributed by atoms with E-state index in [2.05, 4.69) is 16.7 Å². The number of carbonyl (C=O) groups is 3. The summed E-state index contributed by atoms with van der Waals surface area (Å²) in [6, 6.07) is 12.2. The van der Waals surface area contributed by atoms with Gasteiger partial charge in [0.05, 0.1) is 30.2 Å². The molecule has 0 aliphatic heterocycles. The zero-order chi connectivity index (χ0) is 22.9. The lowest BCUT2D eigenvalue weighted by atomic mass is 9.90. The Morgan fingerprint density at radius 2 is 1.94 bits per heavy atom. The van der Waals surface area contributed by atoms with Gasteiger partial charge in [-0.15, -0.1) is 11.8 Å². The van der Waals surface area contributed by atoms with Crippen LogP contribution in [0.2, 0.25) is 0 Å². The monoisotopic (exact) mass is 443 g/mol. The molecule has 1 unspecified atom stereocenters. The van der Waals surface area contributed by atoms with Crippen molar-refractivity contribution < 1.29 is 23.5 Å². The molecule has 0 bridgehead atoms. The van der Waals surface area contributed by atoms with Crippen LogP contribution in [0.3, 0.4) is 0 Å². The second kappa shape index (κ2) is 11.2. The minimum Gasteiger partial charge on any atom is -0.467 e. The van der Waals surface area contributed by atoms with E-state index in [0.717, 1.165) is 0 Å². The highest BCUT2D eigenvalue weighted by atomic mass is 32.2. The van der Waals surface area contributed by atoms with Crippen LogP contribution in [0.4, 0.5) is 0 Å². The summed E-state index contributed by atoms with van der Waals surface area (Å²) in [5.74, 6) is -0.835. The number of hydrogen-bond acceptors (Lipinski definition) is 7. The van der Waals surface area contributed by atoms with E-state index in [9.17, 15) is 19.6 Å². The number of nitrogens with one attached hydrogen (secondary N) is 2. The largest absolute Gasteiger partial charge is 0.467 e. The van der Waals surface area contributed by atoms with Crippen LogP contribution >= 0.6 is 11.8 Å². The van der Waals surface area contributed by atoms with Gasteiger partial charge in [-0.3, -0.25) is 9.59 Å². The maximum Gasteiger partial charge on any atom is 0.339 e. The van der Waals surface area contributed by atoms with Crippen molar-refractivity contribution in [2.75, 3.05) is 12.4 Å². The van der Waals surface area contributed by atoms with Crippen LogP contribution in [0.5, 0.6) is 0 Å². The molecule has 8 nitrogen and oxygen atoms in total. The fourth-order valence-corrected chi connectivity index (χ4v) is 3.26. The molecule has 9 heteroatoms. The Morgan fingerprint density at radius 1 is 1.19 bits per heavy atom. The molecule has 1 heterocycles. The van der Waals surface area contributed by atoms with Gasteiger partial charge in [-0.05, 0) is 37.1 Å². The average molecular weight is 444 g/mol. The second-order valence-electron chi connectivity index (χ2n) is 7.23. The molecule has 1 aromatic heterocycles. The van der Waals surface area contributed by atoms with Gasteiger partial charge in [-0.1, -0.05) is 26.0 Å². The number of thioether (sulfide) groups is 1. The Labute approximate surface area is 185 Å². The summed E-state index contributed by atoms with van der Waals surface area (Å²) in [6.45, 7) is 5.01. The lowest BCUT2D eigenvalue weighted by Gasteiger charge is -2.27. The van der Waals surface area contributed by atoms with Crippen molar-refractivity contribution in [2.24, 2.45) is 5.92 Å². The third-order valence-corrected chi connectivity index (χ3v) is 5.70. The fraction of sp³-hybridized carbons (Fsp3) is 0.364. The molecular weight excluding hydrogens is 418 g/mol. The highest BCUT2D eigenvalue weighted by Crippen LogP contribution is 2.23. The van der Waals surface area contributed by atoms with Crippen LogP contribution in [0.25, 0.3) is 0 Å². The van der Waals surface area contributed by atoms with E-state index in [1.54, 1.807) is 43.3 Å². The molecule has 2 amide bonds. The summed E-state index contributed by atoms with van der Waals surface area (Å²) in [4.78, 5) is 37.2. The molecule has 1 atom stereocenters. The molecule has 0 fully saturated rings. The van der Waals surface area contributed by atoms with Crippen molar-refractivity contribution in [3.63, 3.8) is 0 Å². The van der Waals surface area contributed by atoms with E-state index in [4.69, 9.17) is 9.15 Å². The zero-order valence-corrected chi connectivity index (χ0v) is 18.5. The molecule has 2 aromatic rings. The van der Waals surface area contributed by atoms with E-state index in [-0.39, 0.29) is 29.7 Å². The Balaban J connectivity index is 1.88. The first-order valence-electron chi connectivity index (χ1n) is 9.65. The highest BCUT2D eigenvalue weighted by molar-refractivity contribution is 8.00. The van der Waals surface area contributed by atoms with Gasteiger partial charge in [0.2, 0.25) is 5.91 Å². The number of furan rings is 1. The molecule has 31 heavy (non-hydrogen) atoms. The topological polar surface area (TPSA) is 121 Å². The molecule has 164 valence electrons. The first-order valence-corrected chi connectivity index (χ1v) is 10.6. The predicted octanol–water partition coefficient (Wildman–Crippen LogP) is 2.90. The molecule has 0 radical (unpaired) electrons. The zero-order valence-electron chi connectivity index (χ0n) is 17.6. The predicted molar refractivity (Wildman–Crippen MR) is 115 cm³/mol. The quantitative estimate of drug-likeness (QED) is 0.428. The van der Waals surface area contributed by atoms with Crippen LogP contribution in [0.1, 0.15) is 36.9 Å². The SMILES string of the molecule is CC(C)C(C)(C#N)NC(=O)COC(=O)c1ccccc1SCC(=O)NCc1ccco1. The number of esters is 1. The van der Waals surface area contributed by atoms with Crippen molar-refractivity contribution in [3.8, 4) is 6.07 Å². The van der Waals surface area contributed by atoms with Gasteiger partial charge in [0.1, 0.15) is 11.3 Å². The molecule has 1 aromatic carbocycles. The molecule has 0 saturated carbocycles. The minimum absolute atomic E-state index is 0.0976. The summed E-state index contributed by atoms with van der Waals surface area (Å²) >= 11 is 1.19. The highest BCUT2D eigenvalue weighted by Gasteiger charge is 2.30. The average Bonchev–Trinajstić information content (AvgIpc) is 3.28. The van der Waals surface area contributed by atoms with Crippen LogP contribution < -0.4 is 10.6 Å². The van der Waals surface area contributed by atoms with Crippen LogP contribution in [0.15, 0.2) is 52.0 Å². The third kappa shape index (κ3) is 7.19. The number of nitrogens with zero attached hydrogens (tertiary/aromatic N) is 1. The summed E-state index contributed by atoms with van der Waals surface area (Å²) in [5.41, 5.74) is -0.800. The standard InChI is InChI=1S/C22H25N3O5S/c1-15(2)22(3,14-23)25-19(26)12-30-21(28)17-8-4-5-9-18(17)31-13-20(27)24-11-16-7-6-10-29-16/h4-10,15H,11-13H2,1-3H3,(H,24,27)(H,25,26). The van der Waals surface area contributed by atoms with Gasteiger partial charge in [-0.2, -0.15) is 5.26 Å². The second-order valence-corrected chi connectivity index (χ2v) is 8.25. The van der Waals surface area contributed by atoms with Gasteiger partial charge in [0.25, 0.3) is 5.91 Å². The van der Waals surface area contributed by atoms with Gasteiger partial charge in [0.15, 0.2) is 6.61 Å². The minimum atomic E-state index is -1.06. The van der Waals surface area contributed by atoms with Gasteiger partial charge < -0.3 is 19.8 Å². The molecule has 0 saturated heterocycles. The Bertz CT molecular complexity index is 952. The number of amides is 2. The van der Waals surface area contributed by atoms with E-state index >= 15 is 0 Å². The van der Waals surface area contributed by atoms with Crippen molar-refractivity contribution in [1.29, 1.82) is 5.26 Å². The van der Waals surface area contributed by atoms with E-state index in [1.807, 2.05) is 13.8 Å². The summed E-state index contributed by atoms with van der Waals surface area (Å²) in [5, 5.41) is 14.6. The van der Waals surface area contributed by atoms with Gasteiger partial charge in [0, 0.05) is 4.90 Å². The van der Waals surface area contributed by atoms with E-state index < -0.39 is 24.0 Å². The first kappa shape index (κ1) is 24.0. The van der Waals surface area contributed by atoms with Crippen molar-refractivity contribution >= 4 is 29.5 Å². The number of hydrogen-bond donors (Lipinski definition) is 2. The lowest BCUT2D eigenvalue weighted by Crippen LogP contribution is -2.50.